The first-order chi connectivity index (χ1) is 8.75. The zero-order chi connectivity index (χ0) is 12.8. The fraction of sp³-hybridized carbons (Fsp3) is 0.467. The molecule has 0 saturated heterocycles. The minimum Gasteiger partial charge on any atom is -0.460 e. The van der Waals surface area contributed by atoms with Crippen LogP contribution in [0.5, 0.6) is 0 Å². The van der Waals surface area contributed by atoms with E-state index in [2.05, 4.69) is 36.6 Å². The Labute approximate surface area is 109 Å². The van der Waals surface area contributed by atoms with Gasteiger partial charge in [0.15, 0.2) is 0 Å². The van der Waals surface area contributed by atoms with E-state index in [1.165, 1.54) is 5.39 Å². The highest BCUT2D eigenvalue weighted by Gasteiger charge is 2.01. The van der Waals surface area contributed by atoms with Crippen LogP contribution in [0.3, 0.4) is 0 Å². The maximum Gasteiger partial charge on any atom is 0.134 e. The van der Waals surface area contributed by atoms with Crippen molar-refractivity contribution in [2.45, 2.75) is 32.9 Å². The first-order valence-electron chi connectivity index (χ1n) is 6.67. The number of benzene rings is 1. The summed E-state index contributed by atoms with van der Waals surface area (Å²) in [5.74, 6) is 1.01. The van der Waals surface area contributed by atoms with E-state index < -0.39 is 0 Å². The fourth-order valence-corrected chi connectivity index (χ4v) is 1.94. The molecular weight excluding hydrogens is 224 g/mol. The van der Waals surface area contributed by atoms with Gasteiger partial charge in [0.05, 0.1) is 6.54 Å². The van der Waals surface area contributed by atoms with Crippen molar-refractivity contribution in [1.29, 1.82) is 0 Å². The Hall–Kier alpha value is -1.32. The molecule has 0 fully saturated rings. The Bertz CT molecular complexity index is 443. The van der Waals surface area contributed by atoms with Crippen molar-refractivity contribution in [2.75, 3.05) is 13.1 Å². The quantitative estimate of drug-likeness (QED) is 0.738. The summed E-state index contributed by atoms with van der Waals surface area (Å²) in [5, 5.41) is 7.98. The van der Waals surface area contributed by atoms with Gasteiger partial charge in [-0.15, -0.1) is 0 Å². The van der Waals surface area contributed by atoms with Crippen molar-refractivity contribution in [1.82, 2.24) is 10.6 Å². The molecule has 0 aliphatic heterocycles. The summed E-state index contributed by atoms with van der Waals surface area (Å²) in [6.45, 7) is 7.21. The topological polar surface area (TPSA) is 37.2 Å². The maximum atomic E-state index is 5.73. The monoisotopic (exact) mass is 246 g/mol. The van der Waals surface area contributed by atoms with Crippen LogP contribution in [0.1, 0.15) is 26.0 Å². The highest BCUT2D eigenvalue weighted by Crippen LogP contribution is 2.18. The molecule has 0 saturated carbocycles. The smallest absolute Gasteiger partial charge is 0.134 e. The Kier molecular flexibility index (Phi) is 4.79. The van der Waals surface area contributed by atoms with Crippen molar-refractivity contribution >= 4 is 11.0 Å². The third-order valence-corrected chi connectivity index (χ3v) is 2.86. The summed E-state index contributed by atoms with van der Waals surface area (Å²) in [6, 6.07) is 10.8. The van der Waals surface area contributed by atoms with Crippen LogP contribution in [0.4, 0.5) is 0 Å². The van der Waals surface area contributed by atoms with Crippen LogP contribution in [0, 0.1) is 0 Å². The fourth-order valence-electron chi connectivity index (χ4n) is 1.94. The number of para-hydroxylation sites is 1. The van der Waals surface area contributed by atoms with Crippen molar-refractivity contribution in [3.05, 3.63) is 36.1 Å². The van der Waals surface area contributed by atoms with Gasteiger partial charge < -0.3 is 15.1 Å². The van der Waals surface area contributed by atoms with Gasteiger partial charge in [-0.1, -0.05) is 32.0 Å². The molecule has 0 aliphatic carbocycles. The van der Waals surface area contributed by atoms with Gasteiger partial charge in [0.2, 0.25) is 0 Å². The zero-order valence-electron chi connectivity index (χ0n) is 11.2. The van der Waals surface area contributed by atoms with Gasteiger partial charge in [0, 0.05) is 11.4 Å². The molecule has 1 aromatic carbocycles. The molecular formula is C15H22N2O. The lowest BCUT2D eigenvalue weighted by Gasteiger charge is -2.07. The minimum absolute atomic E-state index is 0.570. The predicted octanol–water partition coefficient (Wildman–Crippen LogP) is 2.91. The van der Waals surface area contributed by atoms with Crippen molar-refractivity contribution < 1.29 is 4.42 Å². The number of hydrogen-bond donors (Lipinski definition) is 2. The van der Waals surface area contributed by atoms with Crippen LogP contribution in [-0.4, -0.2) is 19.1 Å². The average Bonchev–Trinajstić information content (AvgIpc) is 2.75. The highest BCUT2D eigenvalue weighted by molar-refractivity contribution is 5.77. The van der Waals surface area contributed by atoms with Gasteiger partial charge in [-0.2, -0.15) is 0 Å². The Morgan fingerprint density at radius 1 is 1.17 bits per heavy atom. The third-order valence-electron chi connectivity index (χ3n) is 2.86. The molecule has 18 heavy (non-hydrogen) atoms. The lowest BCUT2D eigenvalue weighted by atomic mass is 10.2. The SMILES string of the molecule is CC(C)NCCCNCc1cc2ccccc2o1. The summed E-state index contributed by atoms with van der Waals surface area (Å²) < 4.78 is 5.73. The molecule has 2 aromatic rings. The first-order valence-corrected chi connectivity index (χ1v) is 6.67. The summed E-state index contributed by atoms with van der Waals surface area (Å²) in [4.78, 5) is 0. The third kappa shape index (κ3) is 3.86. The minimum atomic E-state index is 0.570. The summed E-state index contributed by atoms with van der Waals surface area (Å²) in [7, 11) is 0. The van der Waals surface area contributed by atoms with E-state index in [0.717, 1.165) is 37.4 Å². The second kappa shape index (κ2) is 6.57. The zero-order valence-corrected chi connectivity index (χ0v) is 11.2. The standard InChI is InChI=1S/C15H22N2O/c1-12(2)17-9-5-8-16-11-14-10-13-6-3-4-7-15(13)18-14/h3-4,6-7,10,12,16-17H,5,8-9,11H2,1-2H3. The summed E-state index contributed by atoms with van der Waals surface area (Å²) in [6.07, 6.45) is 1.14. The van der Waals surface area contributed by atoms with Crippen molar-refractivity contribution in [2.24, 2.45) is 0 Å². The van der Waals surface area contributed by atoms with Gasteiger partial charge in [-0.3, -0.25) is 0 Å². The molecule has 0 bridgehead atoms. The van der Waals surface area contributed by atoms with Crippen LogP contribution in [0.15, 0.2) is 34.7 Å². The van der Waals surface area contributed by atoms with E-state index in [4.69, 9.17) is 4.42 Å². The molecule has 0 amide bonds. The largest absolute Gasteiger partial charge is 0.460 e. The molecule has 0 atom stereocenters. The van der Waals surface area contributed by atoms with E-state index in [1.807, 2.05) is 18.2 Å². The van der Waals surface area contributed by atoms with E-state index in [-0.39, 0.29) is 0 Å². The van der Waals surface area contributed by atoms with Crippen LogP contribution >= 0.6 is 0 Å². The Morgan fingerprint density at radius 3 is 2.78 bits per heavy atom. The molecule has 98 valence electrons. The lowest BCUT2D eigenvalue weighted by molar-refractivity contribution is 0.498. The molecule has 1 aromatic heterocycles. The molecule has 3 heteroatoms. The van der Waals surface area contributed by atoms with Crippen LogP contribution in [-0.2, 0) is 6.54 Å². The normalized spacial score (nSPS) is 11.5. The summed E-state index contributed by atoms with van der Waals surface area (Å²) in [5.41, 5.74) is 0.968. The average molecular weight is 246 g/mol. The van der Waals surface area contributed by atoms with Crippen LogP contribution < -0.4 is 10.6 Å². The van der Waals surface area contributed by atoms with Crippen molar-refractivity contribution in [3.63, 3.8) is 0 Å². The first kappa shape index (κ1) is 13.1. The lowest BCUT2D eigenvalue weighted by Crippen LogP contribution is -2.26. The van der Waals surface area contributed by atoms with Gasteiger partial charge in [-0.25, -0.2) is 0 Å². The molecule has 3 nitrogen and oxygen atoms in total. The van der Waals surface area contributed by atoms with Gasteiger partial charge in [0.1, 0.15) is 11.3 Å². The number of fused-ring (bicyclic) bond motifs is 1. The van der Waals surface area contributed by atoms with Gasteiger partial charge in [0.25, 0.3) is 0 Å². The molecule has 0 aliphatic rings. The van der Waals surface area contributed by atoms with Gasteiger partial charge >= 0.3 is 0 Å². The summed E-state index contributed by atoms with van der Waals surface area (Å²) >= 11 is 0. The van der Waals surface area contributed by atoms with Crippen molar-refractivity contribution in [3.8, 4) is 0 Å². The van der Waals surface area contributed by atoms with Crippen LogP contribution in [0.25, 0.3) is 11.0 Å². The number of rotatable bonds is 7. The second-order valence-electron chi connectivity index (χ2n) is 4.89. The predicted molar refractivity (Wildman–Crippen MR) is 75.7 cm³/mol. The Morgan fingerprint density at radius 2 is 2.00 bits per heavy atom. The second-order valence-corrected chi connectivity index (χ2v) is 4.89. The van der Waals surface area contributed by atoms with E-state index >= 15 is 0 Å². The molecule has 0 unspecified atom stereocenters. The van der Waals surface area contributed by atoms with E-state index in [1.54, 1.807) is 0 Å². The molecule has 1 heterocycles. The number of furan rings is 1. The molecule has 0 spiro atoms. The van der Waals surface area contributed by atoms with E-state index in [0.29, 0.717) is 6.04 Å². The number of nitrogens with one attached hydrogen (secondary N) is 2. The molecule has 0 radical (unpaired) electrons. The number of hydrogen-bond acceptors (Lipinski definition) is 3. The van der Waals surface area contributed by atoms with Gasteiger partial charge in [-0.05, 0) is 31.6 Å². The molecule has 2 N–H and O–H groups in total. The molecule has 2 rings (SSSR count). The highest BCUT2D eigenvalue weighted by atomic mass is 16.3. The maximum absolute atomic E-state index is 5.73. The Balaban J connectivity index is 1.70. The van der Waals surface area contributed by atoms with E-state index in [9.17, 15) is 0 Å². The van der Waals surface area contributed by atoms with Crippen LogP contribution in [0.2, 0.25) is 0 Å².